The summed E-state index contributed by atoms with van der Waals surface area (Å²) < 4.78 is 5.84. The molecule has 1 aromatic carbocycles. The van der Waals surface area contributed by atoms with E-state index in [2.05, 4.69) is 42.1 Å². The van der Waals surface area contributed by atoms with Crippen LogP contribution >= 0.6 is 0 Å². The van der Waals surface area contributed by atoms with E-state index in [1.54, 1.807) is 4.90 Å². The van der Waals surface area contributed by atoms with Crippen molar-refractivity contribution in [3.63, 3.8) is 0 Å². The number of ether oxygens (including phenoxy) is 1. The second-order valence-electron chi connectivity index (χ2n) is 10.5. The average molecular weight is 499 g/mol. The molecule has 3 N–H and O–H groups in total. The predicted molar refractivity (Wildman–Crippen MR) is 141 cm³/mol. The average Bonchev–Trinajstić information content (AvgIpc) is 3.27. The summed E-state index contributed by atoms with van der Waals surface area (Å²) in [7, 11) is -1.23. The van der Waals surface area contributed by atoms with Crippen LogP contribution in [0.2, 0.25) is 25.7 Å². The topological polar surface area (TPSA) is 118 Å². The number of benzene rings is 1. The summed E-state index contributed by atoms with van der Waals surface area (Å²) in [6, 6.07) is 8.16. The molecule has 0 fully saturated rings. The molecular weight excluding hydrogens is 460 g/mol. The van der Waals surface area contributed by atoms with E-state index in [0.717, 1.165) is 48.4 Å². The fourth-order valence-corrected chi connectivity index (χ4v) is 4.98. The molecule has 0 spiro atoms. The summed E-state index contributed by atoms with van der Waals surface area (Å²) in [5, 5.41) is 31.7. The molecule has 1 aliphatic heterocycles. The lowest BCUT2D eigenvalue weighted by Crippen LogP contribution is -2.39. The first kappa shape index (κ1) is 27.1. The van der Waals surface area contributed by atoms with Crippen LogP contribution in [0.5, 0.6) is 0 Å². The molecule has 1 aliphatic carbocycles. The zero-order valence-electron chi connectivity index (χ0n) is 21.1. The van der Waals surface area contributed by atoms with Gasteiger partial charge in [0.1, 0.15) is 6.73 Å². The number of amidine groups is 1. The van der Waals surface area contributed by atoms with Gasteiger partial charge in [0.15, 0.2) is 11.9 Å². The van der Waals surface area contributed by atoms with Crippen LogP contribution in [-0.4, -0.2) is 74.1 Å². The van der Waals surface area contributed by atoms with Crippen molar-refractivity contribution in [3.8, 4) is 6.07 Å². The van der Waals surface area contributed by atoms with E-state index in [1.165, 1.54) is 0 Å². The van der Waals surface area contributed by atoms with Gasteiger partial charge in [-0.25, -0.2) is 4.99 Å². The van der Waals surface area contributed by atoms with E-state index in [4.69, 9.17) is 4.74 Å². The number of amides is 1. The minimum absolute atomic E-state index is 0.153. The number of aliphatic hydroxyl groups is 2. The van der Waals surface area contributed by atoms with E-state index in [-0.39, 0.29) is 37.6 Å². The Morgan fingerprint density at radius 2 is 2.09 bits per heavy atom. The van der Waals surface area contributed by atoms with Crippen LogP contribution in [0, 0.1) is 11.3 Å². The highest BCUT2D eigenvalue weighted by molar-refractivity contribution is 6.76. The lowest BCUT2D eigenvalue weighted by atomic mass is 9.89. The Labute approximate surface area is 209 Å². The molecule has 0 saturated heterocycles. The maximum atomic E-state index is 13.3. The molecule has 1 atom stereocenters. The zero-order valence-corrected chi connectivity index (χ0v) is 22.1. The Balaban J connectivity index is 1.80. The largest absolute Gasteiger partial charge is 0.396 e. The highest BCUT2D eigenvalue weighted by Crippen LogP contribution is 2.34. The fraction of sp³-hybridized carbons (Fsp3) is 0.577. The summed E-state index contributed by atoms with van der Waals surface area (Å²) in [4.78, 5) is 19.4. The molecule has 1 heterocycles. The molecule has 190 valence electrons. The number of aliphatic hydroxyl groups excluding tert-OH is 2. The molecule has 0 aromatic heterocycles. The number of anilines is 1. The van der Waals surface area contributed by atoms with Gasteiger partial charge >= 0.3 is 0 Å². The van der Waals surface area contributed by atoms with Crippen LogP contribution < -0.4 is 5.32 Å². The maximum Gasteiger partial charge on any atom is 0.291 e. The van der Waals surface area contributed by atoms with Crippen LogP contribution in [-0.2, 0) is 9.53 Å². The van der Waals surface area contributed by atoms with Crippen LogP contribution in [0.15, 0.2) is 29.3 Å². The van der Waals surface area contributed by atoms with Gasteiger partial charge in [-0.3, -0.25) is 4.79 Å². The molecule has 0 radical (unpaired) electrons. The van der Waals surface area contributed by atoms with Crippen LogP contribution in [0.1, 0.15) is 42.7 Å². The number of carbonyl (C=O) groups excluding carboxylic acids is 1. The van der Waals surface area contributed by atoms with Crippen LogP contribution in [0.4, 0.5) is 5.69 Å². The van der Waals surface area contributed by atoms with Crippen molar-refractivity contribution in [1.82, 2.24) is 4.90 Å². The van der Waals surface area contributed by atoms with Crippen molar-refractivity contribution < 1.29 is 19.7 Å². The Morgan fingerprint density at radius 1 is 1.31 bits per heavy atom. The molecule has 8 nitrogen and oxygen atoms in total. The summed E-state index contributed by atoms with van der Waals surface area (Å²) >= 11 is 0. The summed E-state index contributed by atoms with van der Waals surface area (Å²) in [6.07, 6.45) is 6.30. The van der Waals surface area contributed by atoms with E-state index < -0.39 is 14.1 Å². The SMILES string of the molecule is C[Si](C)(C)CCOCN1CC(C#N)N=C1C(=O)Nc1ccc(C(CO)CO)cc1C1=CCCCC1. The Morgan fingerprint density at radius 3 is 2.71 bits per heavy atom. The zero-order chi connectivity index (χ0) is 25.4. The monoisotopic (exact) mass is 498 g/mol. The van der Waals surface area contributed by atoms with Gasteiger partial charge in [0.05, 0.1) is 25.8 Å². The first-order valence-electron chi connectivity index (χ1n) is 12.4. The molecule has 9 heteroatoms. The Kier molecular flexibility index (Phi) is 9.63. The molecule has 1 unspecified atom stereocenters. The first-order chi connectivity index (χ1) is 16.8. The van der Waals surface area contributed by atoms with Gasteiger partial charge < -0.3 is 25.2 Å². The smallest absolute Gasteiger partial charge is 0.291 e. The maximum absolute atomic E-state index is 13.3. The van der Waals surface area contributed by atoms with Crippen molar-refractivity contribution in [1.29, 1.82) is 5.26 Å². The number of allylic oxidation sites excluding steroid dienone is 2. The normalized spacial score (nSPS) is 18.3. The first-order valence-corrected chi connectivity index (χ1v) is 16.1. The van der Waals surface area contributed by atoms with Crippen molar-refractivity contribution in [3.05, 3.63) is 35.4 Å². The molecule has 3 rings (SSSR count). The summed E-state index contributed by atoms with van der Waals surface area (Å²) in [5.74, 6) is -0.536. The van der Waals surface area contributed by atoms with E-state index >= 15 is 0 Å². The third kappa shape index (κ3) is 7.48. The third-order valence-electron chi connectivity index (χ3n) is 6.41. The van der Waals surface area contributed by atoms with Gasteiger partial charge in [-0.1, -0.05) is 31.8 Å². The van der Waals surface area contributed by atoms with Crippen molar-refractivity contribution in [2.45, 2.75) is 63.3 Å². The van der Waals surface area contributed by atoms with Crippen LogP contribution in [0.25, 0.3) is 5.57 Å². The lowest BCUT2D eigenvalue weighted by molar-refractivity contribution is -0.111. The molecule has 0 saturated carbocycles. The van der Waals surface area contributed by atoms with Gasteiger partial charge in [-0.05, 0) is 55.0 Å². The van der Waals surface area contributed by atoms with Gasteiger partial charge in [0.2, 0.25) is 0 Å². The van der Waals surface area contributed by atoms with Gasteiger partial charge in [0.25, 0.3) is 5.91 Å². The highest BCUT2D eigenvalue weighted by atomic mass is 28.3. The second kappa shape index (κ2) is 12.4. The number of hydrogen-bond donors (Lipinski definition) is 3. The van der Waals surface area contributed by atoms with E-state index in [0.29, 0.717) is 18.8 Å². The quantitative estimate of drug-likeness (QED) is 0.317. The standard InChI is InChI=1S/C26H38N4O4Si/c1-35(2,3)12-11-34-18-30-15-22(14-27)28-25(30)26(33)29-24-10-9-20(21(16-31)17-32)13-23(24)19-7-5-4-6-8-19/h7,9-10,13,21-22,31-32H,4-6,8,11-12,15-18H2,1-3H3,(H,29,33). The molecule has 2 aliphatic rings. The lowest BCUT2D eigenvalue weighted by Gasteiger charge is -2.23. The van der Waals surface area contributed by atoms with Gasteiger partial charge in [-0.15, -0.1) is 0 Å². The second-order valence-corrected chi connectivity index (χ2v) is 16.1. The molecule has 1 amide bonds. The number of nitrogens with zero attached hydrogens (tertiary/aromatic N) is 3. The van der Waals surface area contributed by atoms with E-state index in [9.17, 15) is 20.3 Å². The molecular formula is C26H38N4O4Si. The number of aliphatic imine (C=N–C) groups is 1. The van der Waals surface area contributed by atoms with Crippen molar-refractivity contribution in [2.75, 3.05) is 38.4 Å². The molecule has 35 heavy (non-hydrogen) atoms. The summed E-state index contributed by atoms with van der Waals surface area (Å²) in [6.45, 7) is 7.72. The van der Waals surface area contributed by atoms with Crippen LogP contribution in [0.3, 0.4) is 0 Å². The number of hydrogen-bond acceptors (Lipinski definition) is 7. The minimum Gasteiger partial charge on any atom is -0.396 e. The minimum atomic E-state index is -1.23. The molecule has 0 bridgehead atoms. The fourth-order valence-electron chi connectivity index (χ4n) is 4.22. The Bertz CT molecular complexity index is 992. The Hall–Kier alpha value is -2.51. The predicted octanol–water partition coefficient (Wildman–Crippen LogP) is 3.57. The van der Waals surface area contributed by atoms with Crippen molar-refractivity contribution in [2.24, 2.45) is 4.99 Å². The number of nitriles is 1. The molecule has 1 aromatic rings. The van der Waals surface area contributed by atoms with E-state index in [1.807, 2.05) is 18.2 Å². The number of rotatable bonds is 11. The summed E-state index contributed by atoms with van der Waals surface area (Å²) in [5.41, 5.74) is 3.53. The van der Waals surface area contributed by atoms with Gasteiger partial charge in [-0.2, -0.15) is 5.26 Å². The highest BCUT2D eigenvalue weighted by Gasteiger charge is 2.31. The number of carbonyl (C=O) groups is 1. The number of nitrogens with one attached hydrogen (secondary N) is 1. The van der Waals surface area contributed by atoms with Crippen molar-refractivity contribution >= 4 is 31.1 Å². The third-order valence-corrected chi connectivity index (χ3v) is 8.11. The van der Waals surface area contributed by atoms with Gasteiger partial charge in [0, 0.05) is 31.8 Å².